The minimum atomic E-state index is 0.822. The molecule has 0 N–H and O–H groups in total. The van der Waals surface area contributed by atoms with E-state index in [1.54, 1.807) is 0 Å². The van der Waals surface area contributed by atoms with Crippen molar-refractivity contribution < 1.29 is 4.48 Å². The van der Waals surface area contributed by atoms with Gasteiger partial charge in [0.2, 0.25) is 0 Å². The van der Waals surface area contributed by atoms with Gasteiger partial charge in [-0.05, 0) is 50.2 Å². The first-order chi connectivity index (χ1) is 9.24. The van der Waals surface area contributed by atoms with Crippen molar-refractivity contribution in [1.82, 2.24) is 0 Å². The number of hydrogen-bond acceptors (Lipinski definition) is 0. The lowest BCUT2D eigenvalue weighted by molar-refractivity contribution is -0.919. The molecule has 0 bridgehead atoms. The van der Waals surface area contributed by atoms with Gasteiger partial charge < -0.3 is 4.48 Å². The molecule has 1 fully saturated rings. The van der Waals surface area contributed by atoms with Crippen LogP contribution in [0.4, 0.5) is 0 Å². The number of hydrogen-bond donors (Lipinski definition) is 0. The zero-order chi connectivity index (χ0) is 13.6. The third-order valence-electron chi connectivity index (χ3n) is 3.89. The van der Waals surface area contributed by atoms with Crippen LogP contribution in [0.25, 0.3) is 0 Å². The summed E-state index contributed by atoms with van der Waals surface area (Å²) in [4.78, 5) is 0. The Labute approximate surface area is 117 Å². The van der Waals surface area contributed by atoms with Gasteiger partial charge in [0.25, 0.3) is 0 Å². The van der Waals surface area contributed by atoms with Gasteiger partial charge in [-0.2, -0.15) is 0 Å². The van der Waals surface area contributed by atoms with E-state index in [1.165, 1.54) is 37.9 Å². The van der Waals surface area contributed by atoms with Crippen LogP contribution in [-0.2, 0) is 0 Å². The van der Waals surface area contributed by atoms with Crippen molar-refractivity contribution in [2.24, 2.45) is 0 Å². The molecule has 1 aliphatic rings. The molecule has 0 aliphatic carbocycles. The standard InChI is InChI=1S/C18H22N/c1-3-13-19(14-5-4-6-15-19)16-7-8-18-11-9-17(2)10-12-18/h1,9-12H,4-6,13-16H2,2H3/q+1. The summed E-state index contributed by atoms with van der Waals surface area (Å²) >= 11 is 0. The Morgan fingerprint density at radius 2 is 1.74 bits per heavy atom. The second-order valence-electron chi connectivity index (χ2n) is 5.54. The summed E-state index contributed by atoms with van der Waals surface area (Å²) in [7, 11) is 0. The van der Waals surface area contributed by atoms with Crippen molar-refractivity contribution in [2.45, 2.75) is 26.2 Å². The molecule has 1 aliphatic heterocycles. The molecule has 0 atom stereocenters. The number of piperidine rings is 1. The number of likely N-dealkylation sites (tertiary alicyclic amines) is 1. The number of aryl methyl sites for hydroxylation is 1. The van der Waals surface area contributed by atoms with E-state index < -0.39 is 0 Å². The molecule has 19 heavy (non-hydrogen) atoms. The van der Waals surface area contributed by atoms with Gasteiger partial charge >= 0.3 is 0 Å². The van der Waals surface area contributed by atoms with Crippen LogP contribution in [0.5, 0.6) is 0 Å². The number of benzene rings is 1. The fraction of sp³-hybridized carbons (Fsp3) is 0.444. The highest BCUT2D eigenvalue weighted by atomic mass is 15.3. The molecular formula is C18H22N+. The van der Waals surface area contributed by atoms with E-state index in [4.69, 9.17) is 6.42 Å². The molecule has 2 rings (SSSR count). The van der Waals surface area contributed by atoms with Gasteiger partial charge in [-0.1, -0.05) is 23.6 Å². The van der Waals surface area contributed by atoms with Crippen molar-refractivity contribution in [1.29, 1.82) is 0 Å². The summed E-state index contributed by atoms with van der Waals surface area (Å²) in [6, 6.07) is 8.39. The average molecular weight is 252 g/mol. The van der Waals surface area contributed by atoms with E-state index in [2.05, 4.69) is 49.0 Å². The Balaban J connectivity index is 2.03. The smallest absolute Gasteiger partial charge is 0.142 e. The Kier molecular flexibility index (Phi) is 4.67. The van der Waals surface area contributed by atoms with Crippen LogP contribution in [-0.4, -0.2) is 30.7 Å². The monoisotopic (exact) mass is 252 g/mol. The lowest BCUT2D eigenvalue weighted by atomic mass is 10.1. The maximum atomic E-state index is 5.53. The van der Waals surface area contributed by atoms with Crippen LogP contribution in [0.15, 0.2) is 24.3 Å². The van der Waals surface area contributed by atoms with E-state index in [0.29, 0.717) is 0 Å². The summed E-state index contributed by atoms with van der Waals surface area (Å²) < 4.78 is 0.995. The molecule has 1 aromatic rings. The first-order valence-electron chi connectivity index (χ1n) is 7.08. The fourth-order valence-corrected chi connectivity index (χ4v) is 2.69. The molecule has 1 aromatic carbocycles. The van der Waals surface area contributed by atoms with Crippen LogP contribution in [0.1, 0.15) is 30.4 Å². The van der Waals surface area contributed by atoms with Crippen molar-refractivity contribution in [3.8, 4) is 24.2 Å². The van der Waals surface area contributed by atoms with Crippen LogP contribution in [0, 0.1) is 31.1 Å². The molecular weight excluding hydrogens is 230 g/mol. The van der Waals surface area contributed by atoms with Gasteiger partial charge in [-0.15, -0.1) is 6.42 Å². The summed E-state index contributed by atoms with van der Waals surface area (Å²) in [5.41, 5.74) is 2.37. The highest BCUT2D eigenvalue weighted by Crippen LogP contribution is 2.17. The Hall–Kier alpha value is -1.70. The molecule has 1 saturated heterocycles. The number of quaternary nitrogens is 1. The van der Waals surface area contributed by atoms with Crippen molar-refractivity contribution >= 4 is 0 Å². The highest BCUT2D eigenvalue weighted by molar-refractivity contribution is 5.35. The minimum Gasteiger partial charge on any atom is -0.303 e. The predicted molar refractivity (Wildman–Crippen MR) is 80.5 cm³/mol. The Bertz CT molecular complexity index is 501. The molecule has 98 valence electrons. The first-order valence-corrected chi connectivity index (χ1v) is 7.08. The molecule has 0 unspecified atom stereocenters. The summed E-state index contributed by atoms with van der Waals surface area (Å²) in [5, 5.41) is 0. The summed E-state index contributed by atoms with van der Waals surface area (Å²) in [6.45, 7) is 6.18. The molecule has 0 saturated carbocycles. The third kappa shape index (κ3) is 3.88. The molecule has 0 radical (unpaired) electrons. The third-order valence-corrected chi connectivity index (χ3v) is 3.89. The second-order valence-corrected chi connectivity index (χ2v) is 5.54. The van der Waals surface area contributed by atoms with Gasteiger partial charge in [0.15, 0.2) is 0 Å². The molecule has 1 heterocycles. The van der Waals surface area contributed by atoms with Crippen LogP contribution >= 0.6 is 0 Å². The zero-order valence-corrected chi connectivity index (χ0v) is 11.8. The van der Waals surface area contributed by atoms with E-state index in [0.717, 1.165) is 23.1 Å². The quantitative estimate of drug-likeness (QED) is 0.561. The van der Waals surface area contributed by atoms with Crippen LogP contribution < -0.4 is 0 Å². The number of rotatable bonds is 2. The maximum absolute atomic E-state index is 5.53. The van der Waals surface area contributed by atoms with Crippen molar-refractivity contribution in [2.75, 3.05) is 26.2 Å². The fourth-order valence-electron chi connectivity index (χ4n) is 2.69. The van der Waals surface area contributed by atoms with Gasteiger partial charge in [-0.25, -0.2) is 0 Å². The highest BCUT2D eigenvalue weighted by Gasteiger charge is 2.27. The molecule has 0 aromatic heterocycles. The molecule has 1 heteroatoms. The van der Waals surface area contributed by atoms with E-state index in [1.807, 2.05) is 0 Å². The lowest BCUT2D eigenvalue weighted by Crippen LogP contribution is -2.51. The molecule has 0 spiro atoms. The topological polar surface area (TPSA) is 0 Å². The number of nitrogens with zero attached hydrogens (tertiary/aromatic N) is 1. The zero-order valence-electron chi connectivity index (χ0n) is 11.8. The Morgan fingerprint density at radius 1 is 1.05 bits per heavy atom. The van der Waals surface area contributed by atoms with Crippen LogP contribution in [0.2, 0.25) is 0 Å². The van der Waals surface area contributed by atoms with Crippen molar-refractivity contribution in [3.63, 3.8) is 0 Å². The lowest BCUT2D eigenvalue weighted by Gasteiger charge is -2.38. The Morgan fingerprint density at radius 3 is 2.37 bits per heavy atom. The van der Waals surface area contributed by atoms with E-state index >= 15 is 0 Å². The summed E-state index contributed by atoms with van der Waals surface area (Å²) in [5.74, 6) is 9.45. The average Bonchev–Trinajstić information content (AvgIpc) is 2.42. The normalized spacial score (nSPS) is 17.1. The van der Waals surface area contributed by atoms with Crippen LogP contribution in [0.3, 0.4) is 0 Å². The van der Waals surface area contributed by atoms with Gasteiger partial charge in [0, 0.05) is 5.56 Å². The second kappa shape index (κ2) is 6.46. The molecule has 1 nitrogen and oxygen atoms in total. The SMILES string of the molecule is C#CC[N+]1(CC#Cc2ccc(C)cc2)CCCCC1. The summed E-state index contributed by atoms with van der Waals surface area (Å²) in [6.07, 6.45) is 9.44. The van der Waals surface area contributed by atoms with E-state index in [-0.39, 0.29) is 0 Å². The first kappa shape index (κ1) is 13.7. The van der Waals surface area contributed by atoms with Gasteiger partial charge in [0.05, 0.1) is 13.1 Å². The van der Waals surface area contributed by atoms with E-state index in [9.17, 15) is 0 Å². The molecule has 0 amide bonds. The minimum absolute atomic E-state index is 0.822. The largest absolute Gasteiger partial charge is 0.303 e. The van der Waals surface area contributed by atoms with Gasteiger partial charge in [0.1, 0.15) is 13.1 Å². The predicted octanol–water partition coefficient (Wildman–Crippen LogP) is 2.98. The number of terminal acetylenes is 1. The van der Waals surface area contributed by atoms with Gasteiger partial charge in [-0.3, -0.25) is 0 Å². The van der Waals surface area contributed by atoms with Crippen molar-refractivity contribution in [3.05, 3.63) is 35.4 Å². The maximum Gasteiger partial charge on any atom is 0.142 e.